The molecule has 0 aromatic heterocycles. The Morgan fingerprint density at radius 3 is 2.69 bits per heavy atom. The van der Waals surface area contributed by atoms with E-state index in [9.17, 15) is 4.79 Å². The molecule has 1 radical (unpaired) electrons. The summed E-state index contributed by atoms with van der Waals surface area (Å²) in [6.45, 7) is 3.80. The molecule has 2 nitrogen and oxygen atoms in total. The quantitative estimate of drug-likeness (QED) is 0.814. The molecule has 0 saturated carbocycles. The van der Waals surface area contributed by atoms with E-state index in [1.807, 2.05) is 26.0 Å². The molecule has 3 heteroatoms. The molecule has 1 rings (SSSR count). The van der Waals surface area contributed by atoms with Crippen molar-refractivity contribution in [3.05, 3.63) is 34.9 Å². The van der Waals surface area contributed by atoms with E-state index in [-0.39, 0.29) is 39.1 Å². The molecule has 1 aromatic rings. The van der Waals surface area contributed by atoms with Crippen molar-refractivity contribution in [2.24, 2.45) is 0 Å². The number of hydrogen-bond acceptors (Lipinski definition) is 1. The van der Waals surface area contributed by atoms with Gasteiger partial charge in [0.15, 0.2) is 0 Å². The molecule has 0 amide bonds. The van der Waals surface area contributed by atoms with Gasteiger partial charge in [0.05, 0.1) is 0 Å². The monoisotopic (exact) mass is 252 g/mol. The van der Waals surface area contributed by atoms with Gasteiger partial charge in [-0.15, -0.1) is 5.56 Å². The number of aliphatic carboxylic acids is 1. The number of carboxylic acids is 1. The summed E-state index contributed by atoms with van der Waals surface area (Å²) < 4.78 is 0. The number of benzene rings is 1. The maximum absolute atomic E-state index is 10.4. The van der Waals surface area contributed by atoms with Crippen LogP contribution in [0.4, 0.5) is 0 Å². The van der Waals surface area contributed by atoms with Crippen molar-refractivity contribution >= 4 is 5.97 Å². The minimum atomic E-state index is -0.788. The first-order valence-corrected chi connectivity index (χ1v) is 3.79. The molecule has 0 spiro atoms. The third-order valence-electron chi connectivity index (χ3n) is 1.76. The summed E-state index contributed by atoms with van der Waals surface area (Å²) in [5, 5.41) is 8.57. The van der Waals surface area contributed by atoms with Crippen molar-refractivity contribution < 1.29 is 42.6 Å². The Morgan fingerprint density at radius 2 is 2.15 bits per heavy atom. The van der Waals surface area contributed by atoms with Crippen molar-refractivity contribution in [3.63, 3.8) is 0 Å². The van der Waals surface area contributed by atoms with Gasteiger partial charge >= 0.3 is 5.97 Å². The average Bonchev–Trinajstić information content (AvgIpc) is 1.96. The second kappa shape index (κ2) is 5.51. The van der Waals surface area contributed by atoms with E-state index >= 15 is 0 Å². The van der Waals surface area contributed by atoms with Crippen LogP contribution in [0.5, 0.6) is 0 Å². The van der Waals surface area contributed by atoms with Gasteiger partial charge in [0, 0.05) is 39.1 Å². The molecule has 0 aliphatic rings. The van der Waals surface area contributed by atoms with Crippen molar-refractivity contribution in [1.82, 2.24) is 0 Å². The van der Waals surface area contributed by atoms with Gasteiger partial charge in [0.2, 0.25) is 0 Å². The maximum atomic E-state index is 10.4. The largest absolute Gasteiger partial charge is 0.481 e. The summed E-state index contributed by atoms with van der Waals surface area (Å²) in [6, 6.07) is 6.71. The van der Waals surface area contributed by atoms with E-state index in [0.717, 1.165) is 16.7 Å². The van der Waals surface area contributed by atoms with Crippen LogP contribution in [0.1, 0.15) is 16.7 Å². The first kappa shape index (κ1) is 12.8. The predicted molar refractivity (Wildman–Crippen MR) is 46.1 cm³/mol. The third-order valence-corrected chi connectivity index (χ3v) is 1.76. The first-order chi connectivity index (χ1) is 5.59. The molecule has 1 aromatic carbocycles. The fraction of sp³-hybridized carbons (Fsp3) is 0.300. The zero-order valence-corrected chi connectivity index (χ0v) is 10.6. The molecule has 0 fully saturated rings. The van der Waals surface area contributed by atoms with Gasteiger partial charge in [0.1, 0.15) is 0 Å². The van der Waals surface area contributed by atoms with Gasteiger partial charge in [0.25, 0.3) is 0 Å². The first-order valence-electron chi connectivity index (χ1n) is 3.79. The molecule has 0 aliphatic carbocycles. The fourth-order valence-corrected chi connectivity index (χ4v) is 1.09. The normalized spacial score (nSPS) is 9.08. The van der Waals surface area contributed by atoms with Gasteiger partial charge in [-0.2, -0.15) is 29.3 Å². The zero-order chi connectivity index (χ0) is 9.14. The van der Waals surface area contributed by atoms with Gasteiger partial charge in [-0.3, -0.25) is 4.79 Å². The molecule has 0 saturated heterocycles. The van der Waals surface area contributed by atoms with Gasteiger partial charge in [-0.1, -0.05) is 13.8 Å². The SMILES string of the molecule is Cc1[c-]cc(C)c(CC(=O)O)c1.[Y]. The minimum Gasteiger partial charge on any atom is -0.481 e. The van der Waals surface area contributed by atoms with Crippen LogP contribution in [-0.2, 0) is 43.9 Å². The Bertz CT molecular complexity index is 308. The Balaban J connectivity index is 0.00000144. The molecular weight excluding hydrogens is 241 g/mol. The van der Waals surface area contributed by atoms with Gasteiger partial charge < -0.3 is 5.11 Å². The number of carbonyl (C=O) groups is 1. The van der Waals surface area contributed by atoms with Crippen LogP contribution in [0.2, 0.25) is 0 Å². The Kier molecular flexibility index (Phi) is 5.42. The third kappa shape index (κ3) is 4.01. The predicted octanol–water partition coefficient (Wildman–Crippen LogP) is 1.73. The van der Waals surface area contributed by atoms with Gasteiger partial charge in [-0.05, 0) is 0 Å². The standard InChI is InChI=1S/C10H11O2.Y/c1-7-3-4-8(2)9(5-7)6-10(11)12;/h4-5H,6H2,1-2H3,(H,11,12);/q-1;. The Morgan fingerprint density at radius 1 is 1.54 bits per heavy atom. The topological polar surface area (TPSA) is 37.3 Å². The second-order valence-corrected chi connectivity index (χ2v) is 2.89. The van der Waals surface area contributed by atoms with Crippen LogP contribution in [-0.4, -0.2) is 11.1 Å². The van der Waals surface area contributed by atoms with Crippen LogP contribution < -0.4 is 0 Å². The second-order valence-electron chi connectivity index (χ2n) is 2.89. The Hall–Kier alpha value is -0.206. The van der Waals surface area contributed by atoms with Crippen molar-refractivity contribution in [3.8, 4) is 0 Å². The van der Waals surface area contributed by atoms with Crippen molar-refractivity contribution in [2.75, 3.05) is 0 Å². The van der Waals surface area contributed by atoms with E-state index in [0.29, 0.717) is 0 Å². The van der Waals surface area contributed by atoms with Crippen LogP contribution in [0, 0.1) is 19.9 Å². The fourth-order valence-electron chi connectivity index (χ4n) is 1.09. The van der Waals surface area contributed by atoms with Crippen LogP contribution in [0.15, 0.2) is 12.1 Å². The summed E-state index contributed by atoms with van der Waals surface area (Å²) in [5.41, 5.74) is 2.85. The van der Waals surface area contributed by atoms with E-state index in [4.69, 9.17) is 5.11 Å². The summed E-state index contributed by atoms with van der Waals surface area (Å²) >= 11 is 0. The van der Waals surface area contributed by atoms with Crippen LogP contribution >= 0.6 is 0 Å². The number of aryl methyl sites for hydroxylation is 2. The van der Waals surface area contributed by atoms with Crippen molar-refractivity contribution in [2.45, 2.75) is 20.3 Å². The van der Waals surface area contributed by atoms with Crippen LogP contribution in [0.3, 0.4) is 0 Å². The van der Waals surface area contributed by atoms with E-state index in [1.165, 1.54) is 0 Å². The molecule has 0 heterocycles. The Labute approximate surface area is 103 Å². The summed E-state index contributed by atoms with van der Waals surface area (Å²) in [7, 11) is 0. The number of carboxylic acid groups (broad SMARTS) is 1. The van der Waals surface area contributed by atoms with Crippen molar-refractivity contribution in [1.29, 1.82) is 0 Å². The average molecular weight is 252 g/mol. The molecule has 13 heavy (non-hydrogen) atoms. The number of rotatable bonds is 2. The minimum absolute atomic E-state index is 0. The molecular formula is C10H11O2Y-. The van der Waals surface area contributed by atoms with E-state index in [1.54, 1.807) is 0 Å². The van der Waals surface area contributed by atoms with E-state index < -0.39 is 5.97 Å². The zero-order valence-electron chi connectivity index (χ0n) is 7.79. The number of hydrogen-bond donors (Lipinski definition) is 1. The molecule has 0 atom stereocenters. The van der Waals surface area contributed by atoms with Gasteiger partial charge in [-0.25, -0.2) is 0 Å². The molecule has 1 N–H and O–H groups in total. The summed E-state index contributed by atoms with van der Waals surface area (Å²) in [5.74, 6) is -0.788. The maximum Gasteiger partial charge on any atom is 0.305 e. The summed E-state index contributed by atoms with van der Waals surface area (Å²) in [4.78, 5) is 10.4. The summed E-state index contributed by atoms with van der Waals surface area (Å²) in [6.07, 6.45) is 0.0986. The van der Waals surface area contributed by atoms with E-state index in [2.05, 4.69) is 6.07 Å². The molecule has 0 unspecified atom stereocenters. The molecule has 67 valence electrons. The smallest absolute Gasteiger partial charge is 0.305 e. The molecule has 0 aliphatic heterocycles. The van der Waals surface area contributed by atoms with Crippen LogP contribution in [0.25, 0.3) is 0 Å². The molecule has 0 bridgehead atoms.